The Bertz CT molecular complexity index is 756. The Morgan fingerprint density at radius 3 is 2.65 bits per heavy atom. The topological polar surface area (TPSA) is 65.2 Å². The molecular formula is C16H25N5O2. The first-order valence-electron chi connectivity index (χ1n) is 8.18. The third-order valence-electron chi connectivity index (χ3n) is 4.64. The standard InChI is InChI=1S/C16H25N5O2/c1-5-12-13-14(19(4)18-12)15(22)20(11-17-13)10-16(2,3)21-6-8-23-9-7-21/h11H,5-10H2,1-4H3. The van der Waals surface area contributed by atoms with Crippen LogP contribution in [0.15, 0.2) is 11.1 Å². The van der Waals surface area contributed by atoms with Gasteiger partial charge in [-0.3, -0.25) is 18.9 Å². The number of aryl methyl sites for hydroxylation is 2. The molecule has 126 valence electrons. The lowest BCUT2D eigenvalue weighted by Crippen LogP contribution is -2.53. The van der Waals surface area contributed by atoms with Crippen LogP contribution in [0.5, 0.6) is 0 Å². The monoisotopic (exact) mass is 319 g/mol. The molecule has 3 rings (SSSR count). The Balaban J connectivity index is 1.95. The SMILES string of the molecule is CCc1nn(C)c2c(=O)n(CC(C)(C)N3CCOCC3)cnc12. The molecule has 0 bridgehead atoms. The Hall–Kier alpha value is -1.73. The largest absolute Gasteiger partial charge is 0.379 e. The molecule has 0 unspecified atom stereocenters. The Morgan fingerprint density at radius 1 is 1.30 bits per heavy atom. The average molecular weight is 319 g/mol. The van der Waals surface area contributed by atoms with E-state index in [2.05, 4.69) is 28.8 Å². The first-order valence-corrected chi connectivity index (χ1v) is 8.18. The van der Waals surface area contributed by atoms with Crippen molar-refractivity contribution in [1.29, 1.82) is 0 Å². The minimum absolute atomic E-state index is 0.0222. The summed E-state index contributed by atoms with van der Waals surface area (Å²) >= 11 is 0. The number of aromatic nitrogens is 4. The molecule has 0 aromatic carbocycles. The van der Waals surface area contributed by atoms with Crippen LogP contribution in [0.25, 0.3) is 11.0 Å². The summed E-state index contributed by atoms with van der Waals surface area (Å²) in [5, 5.41) is 4.41. The average Bonchev–Trinajstić information content (AvgIpc) is 2.87. The molecule has 23 heavy (non-hydrogen) atoms. The van der Waals surface area contributed by atoms with Gasteiger partial charge in [0.25, 0.3) is 5.56 Å². The normalized spacial score (nSPS) is 17.0. The van der Waals surface area contributed by atoms with Gasteiger partial charge in [-0.2, -0.15) is 5.10 Å². The van der Waals surface area contributed by atoms with E-state index in [9.17, 15) is 4.79 Å². The van der Waals surface area contributed by atoms with Crippen molar-refractivity contribution < 1.29 is 4.74 Å². The molecule has 2 aromatic rings. The predicted molar refractivity (Wildman–Crippen MR) is 88.6 cm³/mol. The van der Waals surface area contributed by atoms with Gasteiger partial charge in [-0.25, -0.2) is 4.98 Å². The fourth-order valence-corrected chi connectivity index (χ4v) is 3.30. The molecule has 7 heteroatoms. The first-order chi connectivity index (χ1) is 10.9. The van der Waals surface area contributed by atoms with Crippen molar-refractivity contribution in [3.63, 3.8) is 0 Å². The maximum atomic E-state index is 12.9. The highest BCUT2D eigenvalue weighted by Crippen LogP contribution is 2.19. The van der Waals surface area contributed by atoms with E-state index in [1.165, 1.54) is 0 Å². The molecule has 3 heterocycles. The van der Waals surface area contributed by atoms with Gasteiger partial charge in [0, 0.05) is 32.2 Å². The van der Waals surface area contributed by atoms with Crippen LogP contribution in [-0.4, -0.2) is 56.1 Å². The highest BCUT2D eigenvalue weighted by atomic mass is 16.5. The fourth-order valence-electron chi connectivity index (χ4n) is 3.30. The Kier molecular flexibility index (Phi) is 4.25. The zero-order valence-electron chi connectivity index (χ0n) is 14.4. The van der Waals surface area contributed by atoms with Gasteiger partial charge in [0.05, 0.1) is 25.2 Å². The van der Waals surface area contributed by atoms with E-state index in [1.807, 2.05) is 14.0 Å². The van der Waals surface area contributed by atoms with Gasteiger partial charge in [0.1, 0.15) is 5.52 Å². The van der Waals surface area contributed by atoms with E-state index in [0.29, 0.717) is 12.1 Å². The van der Waals surface area contributed by atoms with Crippen LogP contribution in [0.1, 0.15) is 26.5 Å². The minimum Gasteiger partial charge on any atom is -0.379 e. The van der Waals surface area contributed by atoms with Crippen LogP contribution in [-0.2, 0) is 24.8 Å². The molecule has 1 aliphatic heterocycles. The molecule has 0 spiro atoms. The van der Waals surface area contributed by atoms with E-state index >= 15 is 0 Å². The molecule has 2 aromatic heterocycles. The number of morpholine rings is 1. The number of hydrogen-bond acceptors (Lipinski definition) is 5. The molecule has 0 radical (unpaired) electrons. The van der Waals surface area contributed by atoms with E-state index in [4.69, 9.17) is 4.74 Å². The van der Waals surface area contributed by atoms with Crippen molar-refractivity contribution in [3.05, 3.63) is 22.4 Å². The second-order valence-electron chi connectivity index (χ2n) is 6.71. The summed E-state index contributed by atoms with van der Waals surface area (Å²) in [7, 11) is 1.81. The molecular weight excluding hydrogens is 294 g/mol. The summed E-state index contributed by atoms with van der Waals surface area (Å²) in [5.41, 5.74) is 2.03. The van der Waals surface area contributed by atoms with Crippen LogP contribution in [0.3, 0.4) is 0 Å². The molecule has 1 fully saturated rings. The van der Waals surface area contributed by atoms with Crippen molar-refractivity contribution >= 4 is 11.0 Å². The molecule has 7 nitrogen and oxygen atoms in total. The van der Waals surface area contributed by atoms with Gasteiger partial charge in [0.2, 0.25) is 0 Å². The van der Waals surface area contributed by atoms with E-state index in [-0.39, 0.29) is 11.1 Å². The van der Waals surface area contributed by atoms with Crippen molar-refractivity contribution in [2.45, 2.75) is 39.3 Å². The minimum atomic E-state index is -0.130. The number of rotatable bonds is 4. The third kappa shape index (κ3) is 2.90. The summed E-state index contributed by atoms with van der Waals surface area (Å²) in [6.07, 6.45) is 2.43. The van der Waals surface area contributed by atoms with Gasteiger partial charge in [-0.05, 0) is 20.3 Å². The van der Waals surface area contributed by atoms with Crippen molar-refractivity contribution in [2.75, 3.05) is 26.3 Å². The number of fused-ring (bicyclic) bond motifs is 1. The lowest BCUT2D eigenvalue weighted by molar-refractivity contribution is -0.0159. The second-order valence-corrected chi connectivity index (χ2v) is 6.71. The predicted octanol–water partition coefficient (Wildman–Crippen LogP) is 0.803. The van der Waals surface area contributed by atoms with Crippen molar-refractivity contribution in [1.82, 2.24) is 24.2 Å². The highest BCUT2D eigenvalue weighted by molar-refractivity contribution is 5.76. The lowest BCUT2D eigenvalue weighted by atomic mass is 10.0. The van der Waals surface area contributed by atoms with Gasteiger partial charge in [-0.1, -0.05) is 6.92 Å². The lowest BCUT2D eigenvalue weighted by Gasteiger charge is -2.41. The van der Waals surface area contributed by atoms with Crippen LogP contribution in [0, 0.1) is 0 Å². The number of nitrogens with zero attached hydrogens (tertiary/aromatic N) is 5. The zero-order valence-corrected chi connectivity index (χ0v) is 14.4. The Labute approximate surface area is 135 Å². The van der Waals surface area contributed by atoms with Gasteiger partial charge < -0.3 is 4.74 Å². The molecule has 0 saturated carbocycles. The highest BCUT2D eigenvalue weighted by Gasteiger charge is 2.29. The second kappa shape index (κ2) is 6.05. The third-order valence-corrected chi connectivity index (χ3v) is 4.64. The maximum Gasteiger partial charge on any atom is 0.279 e. The van der Waals surface area contributed by atoms with Gasteiger partial charge in [-0.15, -0.1) is 0 Å². The summed E-state index contributed by atoms with van der Waals surface area (Å²) in [5.74, 6) is 0. The van der Waals surface area contributed by atoms with Crippen LogP contribution in [0.4, 0.5) is 0 Å². The van der Waals surface area contributed by atoms with Gasteiger partial charge in [0.15, 0.2) is 5.52 Å². The van der Waals surface area contributed by atoms with E-state index in [1.54, 1.807) is 15.6 Å². The fraction of sp³-hybridized carbons (Fsp3) is 0.688. The van der Waals surface area contributed by atoms with E-state index < -0.39 is 0 Å². The summed E-state index contributed by atoms with van der Waals surface area (Å²) in [4.78, 5) is 19.7. The zero-order chi connectivity index (χ0) is 16.6. The maximum absolute atomic E-state index is 12.9. The summed E-state index contributed by atoms with van der Waals surface area (Å²) in [6.45, 7) is 10.2. The number of ether oxygens (including phenoxy) is 1. The summed E-state index contributed by atoms with van der Waals surface area (Å²) < 4.78 is 8.78. The molecule has 0 amide bonds. The van der Waals surface area contributed by atoms with Crippen LogP contribution < -0.4 is 5.56 Å². The van der Waals surface area contributed by atoms with E-state index in [0.717, 1.165) is 43.9 Å². The quantitative estimate of drug-likeness (QED) is 0.834. The van der Waals surface area contributed by atoms with Crippen LogP contribution in [0.2, 0.25) is 0 Å². The molecule has 1 aliphatic rings. The Morgan fingerprint density at radius 2 is 2.00 bits per heavy atom. The van der Waals surface area contributed by atoms with Gasteiger partial charge >= 0.3 is 0 Å². The van der Waals surface area contributed by atoms with Crippen LogP contribution >= 0.6 is 0 Å². The molecule has 0 N–H and O–H groups in total. The summed E-state index contributed by atoms with van der Waals surface area (Å²) in [6, 6.07) is 0. The van der Waals surface area contributed by atoms with Crippen molar-refractivity contribution in [2.24, 2.45) is 7.05 Å². The number of hydrogen-bond donors (Lipinski definition) is 0. The smallest absolute Gasteiger partial charge is 0.279 e. The van der Waals surface area contributed by atoms with Crippen molar-refractivity contribution in [3.8, 4) is 0 Å². The first kappa shape index (κ1) is 16.1. The molecule has 1 saturated heterocycles. The molecule has 0 atom stereocenters. The molecule has 0 aliphatic carbocycles.